The Kier molecular flexibility index (Phi) is 6.59. The van der Waals surface area contributed by atoms with Crippen molar-refractivity contribution in [3.05, 3.63) is 65.3 Å². The summed E-state index contributed by atoms with van der Waals surface area (Å²) >= 11 is 6.23. The fourth-order valence-electron chi connectivity index (χ4n) is 3.17. The molecule has 160 valence electrons. The van der Waals surface area contributed by atoms with Gasteiger partial charge in [-0.05, 0) is 37.2 Å². The van der Waals surface area contributed by atoms with Gasteiger partial charge in [0.1, 0.15) is 5.75 Å². The Bertz CT molecular complexity index is 1140. The molecule has 2 heterocycles. The van der Waals surface area contributed by atoms with Crippen LogP contribution in [0.5, 0.6) is 5.75 Å². The van der Waals surface area contributed by atoms with Gasteiger partial charge in [0.25, 0.3) is 0 Å². The molecule has 0 aliphatic heterocycles. The van der Waals surface area contributed by atoms with Crippen LogP contribution in [-0.2, 0) is 13.1 Å². The smallest absolute Gasteiger partial charge is 0.249 e. The Balaban J connectivity index is 1.47. The van der Waals surface area contributed by atoms with Crippen LogP contribution in [0.4, 0.5) is 0 Å². The van der Waals surface area contributed by atoms with Crippen LogP contribution in [0.15, 0.2) is 57.5 Å². The maximum atomic E-state index is 6.23. The van der Waals surface area contributed by atoms with Gasteiger partial charge < -0.3 is 13.7 Å². The maximum absolute atomic E-state index is 6.23. The van der Waals surface area contributed by atoms with Gasteiger partial charge in [-0.2, -0.15) is 4.98 Å². The molecule has 0 bridgehead atoms. The molecule has 31 heavy (non-hydrogen) atoms. The highest BCUT2D eigenvalue weighted by Gasteiger charge is 2.17. The van der Waals surface area contributed by atoms with Crippen LogP contribution in [-0.4, -0.2) is 38.9 Å². The molecule has 0 unspecified atom stereocenters. The zero-order chi connectivity index (χ0) is 21.6. The van der Waals surface area contributed by atoms with Crippen molar-refractivity contribution in [3.8, 4) is 28.6 Å². The van der Waals surface area contributed by atoms with Gasteiger partial charge >= 0.3 is 0 Å². The second-order valence-corrected chi connectivity index (χ2v) is 7.34. The first kappa shape index (κ1) is 21.0. The minimum absolute atomic E-state index is 0.398. The zero-order valence-electron chi connectivity index (χ0n) is 17.3. The number of aromatic nitrogens is 4. The minimum Gasteiger partial charge on any atom is -0.497 e. The Morgan fingerprint density at radius 2 is 1.87 bits per heavy atom. The molecule has 0 spiro atoms. The highest BCUT2D eigenvalue weighted by molar-refractivity contribution is 6.33. The Hall–Kier alpha value is -3.23. The predicted molar refractivity (Wildman–Crippen MR) is 115 cm³/mol. The Morgan fingerprint density at radius 3 is 2.68 bits per heavy atom. The molecule has 0 atom stereocenters. The second kappa shape index (κ2) is 9.72. The molecule has 0 amide bonds. The predicted octanol–water partition coefficient (Wildman–Crippen LogP) is 4.86. The number of benzene rings is 2. The van der Waals surface area contributed by atoms with Gasteiger partial charge in [-0.1, -0.05) is 47.9 Å². The number of hydrogen-bond donors (Lipinski definition) is 0. The van der Waals surface area contributed by atoms with Crippen LogP contribution in [0.25, 0.3) is 22.8 Å². The molecule has 8 nitrogen and oxygen atoms in total. The third kappa shape index (κ3) is 5.10. The number of hydrogen-bond acceptors (Lipinski definition) is 8. The molecular formula is C22H22ClN5O3. The number of halogens is 1. The highest BCUT2D eigenvalue weighted by Crippen LogP contribution is 2.27. The van der Waals surface area contributed by atoms with Crippen molar-refractivity contribution in [3.63, 3.8) is 0 Å². The SMILES string of the molecule is CCCN(Cc1nc(-c2cccc(OC)c2)no1)Cc1nnc(-c2ccccc2Cl)o1. The van der Waals surface area contributed by atoms with Crippen LogP contribution in [0.3, 0.4) is 0 Å². The first-order valence-corrected chi connectivity index (χ1v) is 10.3. The number of rotatable bonds is 9. The van der Waals surface area contributed by atoms with Gasteiger partial charge in [-0.3, -0.25) is 4.90 Å². The summed E-state index contributed by atoms with van der Waals surface area (Å²) in [4.78, 5) is 6.64. The fourth-order valence-corrected chi connectivity index (χ4v) is 3.39. The number of methoxy groups -OCH3 is 1. The lowest BCUT2D eigenvalue weighted by Crippen LogP contribution is -2.24. The van der Waals surface area contributed by atoms with Crippen LogP contribution in [0, 0.1) is 0 Å². The van der Waals surface area contributed by atoms with E-state index in [2.05, 4.69) is 32.2 Å². The van der Waals surface area contributed by atoms with Gasteiger partial charge in [-0.15, -0.1) is 10.2 Å². The molecule has 2 aromatic heterocycles. The average Bonchev–Trinajstić information content (AvgIpc) is 3.44. The lowest BCUT2D eigenvalue weighted by atomic mass is 10.2. The summed E-state index contributed by atoms with van der Waals surface area (Å²) < 4.78 is 16.6. The van der Waals surface area contributed by atoms with E-state index in [-0.39, 0.29) is 0 Å². The third-order valence-electron chi connectivity index (χ3n) is 4.62. The topological polar surface area (TPSA) is 90.3 Å². The van der Waals surface area contributed by atoms with Crippen LogP contribution >= 0.6 is 11.6 Å². The highest BCUT2D eigenvalue weighted by atomic mass is 35.5. The molecule has 0 saturated carbocycles. The molecule has 0 saturated heterocycles. The van der Waals surface area contributed by atoms with Crippen molar-refractivity contribution in [1.82, 2.24) is 25.2 Å². The van der Waals surface area contributed by atoms with Gasteiger partial charge in [0.05, 0.1) is 30.8 Å². The summed E-state index contributed by atoms with van der Waals surface area (Å²) in [5.74, 6) is 2.66. The van der Waals surface area contributed by atoms with Crippen LogP contribution in [0.2, 0.25) is 5.02 Å². The van der Waals surface area contributed by atoms with E-state index < -0.39 is 0 Å². The molecule has 2 aromatic carbocycles. The van der Waals surface area contributed by atoms with Crippen molar-refractivity contribution in [2.75, 3.05) is 13.7 Å². The molecule has 4 aromatic rings. The van der Waals surface area contributed by atoms with E-state index in [1.807, 2.05) is 42.5 Å². The van der Waals surface area contributed by atoms with Crippen LogP contribution < -0.4 is 4.74 Å². The van der Waals surface area contributed by atoms with Gasteiger partial charge in [0.2, 0.25) is 23.5 Å². The van der Waals surface area contributed by atoms with Crippen molar-refractivity contribution < 1.29 is 13.7 Å². The first-order chi connectivity index (χ1) is 15.2. The van der Waals surface area contributed by atoms with Crippen LogP contribution in [0.1, 0.15) is 25.1 Å². The largest absolute Gasteiger partial charge is 0.497 e. The Labute approximate surface area is 184 Å². The minimum atomic E-state index is 0.398. The molecule has 0 aliphatic rings. The summed E-state index contributed by atoms with van der Waals surface area (Å²) in [7, 11) is 1.62. The summed E-state index contributed by atoms with van der Waals surface area (Å²) in [6.07, 6.45) is 0.947. The fraction of sp³-hybridized carbons (Fsp3) is 0.273. The molecule has 0 fully saturated rings. The van der Waals surface area contributed by atoms with E-state index in [1.165, 1.54) is 0 Å². The second-order valence-electron chi connectivity index (χ2n) is 6.94. The lowest BCUT2D eigenvalue weighted by molar-refractivity contribution is 0.201. The van der Waals surface area contributed by atoms with E-state index in [4.69, 9.17) is 25.3 Å². The standard InChI is InChI=1S/C22H22ClN5O3/c1-3-11-28(14-20-25-26-22(30-20)17-9-4-5-10-18(17)23)13-19-24-21(27-31-19)15-7-6-8-16(12-15)29-2/h4-10,12H,3,11,13-14H2,1-2H3. The summed E-state index contributed by atoms with van der Waals surface area (Å²) in [5, 5.41) is 13.0. The van der Waals surface area contributed by atoms with Crippen molar-refractivity contribution in [2.24, 2.45) is 0 Å². The summed E-state index contributed by atoms with van der Waals surface area (Å²) in [6, 6.07) is 14.9. The number of ether oxygens (including phenoxy) is 1. The van der Waals surface area contributed by atoms with Gasteiger partial charge in [-0.25, -0.2) is 0 Å². The average molecular weight is 440 g/mol. The third-order valence-corrected chi connectivity index (χ3v) is 4.95. The van der Waals surface area contributed by atoms with Crippen molar-refractivity contribution in [2.45, 2.75) is 26.4 Å². The van der Waals surface area contributed by atoms with E-state index in [0.717, 1.165) is 24.3 Å². The normalized spacial score (nSPS) is 11.2. The lowest BCUT2D eigenvalue weighted by Gasteiger charge is -2.17. The summed E-state index contributed by atoms with van der Waals surface area (Å²) in [5.41, 5.74) is 1.54. The number of nitrogens with zero attached hydrogens (tertiary/aromatic N) is 5. The monoisotopic (exact) mass is 439 g/mol. The van der Waals surface area contributed by atoms with E-state index in [9.17, 15) is 0 Å². The molecule has 0 N–H and O–H groups in total. The van der Waals surface area contributed by atoms with E-state index in [1.54, 1.807) is 13.2 Å². The molecular weight excluding hydrogens is 418 g/mol. The van der Waals surface area contributed by atoms with Crippen molar-refractivity contribution in [1.29, 1.82) is 0 Å². The van der Waals surface area contributed by atoms with Crippen molar-refractivity contribution >= 4 is 11.6 Å². The Morgan fingerprint density at radius 1 is 1.03 bits per heavy atom. The molecule has 0 aliphatic carbocycles. The molecule has 0 radical (unpaired) electrons. The van der Waals surface area contributed by atoms with E-state index >= 15 is 0 Å². The van der Waals surface area contributed by atoms with E-state index in [0.29, 0.717) is 47.2 Å². The van der Waals surface area contributed by atoms with Gasteiger partial charge in [0, 0.05) is 5.56 Å². The zero-order valence-corrected chi connectivity index (χ0v) is 18.0. The molecule has 4 rings (SSSR count). The van der Waals surface area contributed by atoms with Gasteiger partial charge in [0.15, 0.2) is 0 Å². The summed E-state index contributed by atoms with van der Waals surface area (Å²) in [6.45, 7) is 3.84. The first-order valence-electron chi connectivity index (χ1n) is 9.93. The maximum Gasteiger partial charge on any atom is 0.249 e. The molecule has 9 heteroatoms. The quantitative estimate of drug-likeness (QED) is 0.365.